The molecule has 0 saturated heterocycles. The Labute approximate surface area is 106 Å². The van der Waals surface area contributed by atoms with Gasteiger partial charge in [0.15, 0.2) is 0 Å². The number of nitrogens with one attached hydrogen (secondary N) is 1. The molecule has 2 rings (SSSR count). The number of para-hydroxylation sites is 1. The maximum Gasteiger partial charge on any atom is 0.259 e. The molecule has 3 N–H and O–H groups in total. The second-order valence-corrected chi connectivity index (χ2v) is 3.75. The van der Waals surface area contributed by atoms with E-state index in [9.17, 15) is 23.8 Å². The number of hydrogen-bond donors (Lipinski definition) is 3. The predicted molar refractivity (Wildman–Crippen MR) is 64.1 cm³/mol. The molecule has 0 unspecified atom stereocenters. The quantitative estimate of drug-likeness (QED) is 0.731. The van der Waals surface area contributed by atoms with Crippen molar-refractivity contribution in [3.63, 3.8) is 0 Å². The summed E-state index contributed by atoms with van der Waals surface area (Å²) in [6, 6.07) is 6.40. The minimum absolute atomic E-state index is 0.253. The van der Waals surface area contributed by atoms with Crippen molar-refractivity contribution in [3.8, 4) is 11.5 Å². The van der Waals surface area contributed by atoms with Gasteiger partial charge in [0.05, 0.1) is 5.56 Å². The Morgan fingerprint density at radius 3 is 2.32 bits per heavy atom. The van der Waals surface area contributed by atoms with Crippen LogP contribution in [0.15, 0.2) is 36.4 Å². The molecule has 0 fully saturated rings. The Morgan fingerprint density at radius 1 is 1.05 bits per heavy atom. The van der Waals surface area contributed by atoms with E-state index in [0.717, 1.165) is 30.3 Å². The van der Waals surface area contributed by atoms with Gasteiger partial charge in [0.25, 0.3) is 5.91 Å². The van der Waals surface area contributed by atoms with Gasteiger partial charge in [-0.05, 0) is 30.3 Å². The lowest BCUT2D eigenvalue weighted by Crippen LogP contribution is -2.14. The van der Waals surface area contributed by atoms with Gasteiger partial charge in [0.1, 0.15) is 28.8 Å². The van der Waals surface area contributed by atoms with Crippen LogP contribution in [0.4, 0.5) is 14.5 Å². The molecule has 0 aromatic heterocycles. The Kier molecular flexibility index (Phi) is 3.33. The van der Waals surface area contributed by atoms with Crippen molar-refractivity contribution in [2.45, 2.75) is 0 Å². The van der Waals surface area contributed by atoms with E-state index in [-0.39, 0.29) is 11.3 Å². The van der Waals surface area contributed by atoms with E-state index < -0.39 is 29.0 Å². The predicted octanol–water partition coefficient (Wildman–Crippen LogP) is 2.63. The minimum atomic E-state index is -0.937. The van der Waals surface area contributed by atoms with Crippen LogP contribution in [0.1, 0.15) is 10.4 Å². The zero-order chi connectivity index (χ0) is 14.0. The molecule has 0 aliphatic heterocycles. The maximum absolute atomic E-state index is 13.3. The molecule has 0 spiro atoms. The van der Waals surface area contributed by atoms with Crippen molar-refractivity contribution in [2.24, 2.45) is 0 Å². The molecule has 0 aliphatic carbocycles. The van der Waals surface area contributed by atoms with Crippen LogP contribution in [0.2, 0.25) is 0 Å². The van der Waals surface area contributed by atoms with Crippen LogP contribution in [-0.2, 0) is 0 Å². The highest BCUT2D eigenvalue weighted by Gasteiger charge is 2.16. The highest BCUT2D eigenvalue weighted by atomic mass is 19.1. The normalized spacial score (nSPS) is 10.2. The molecule has 1 amide bonds. The van der Waals surface area contributed by atoms with E-state index >= 15 is 0 Å². The van der Waals surface area contributed by atoms with E-state index in [1.807, 2.05) is 5.32 Å². The number of benzene rings is 2. The molecule has 19 heavy (non-hydrogen) atoms. The first-order valence-electron chi connectivity index (χ1n) is 5.26. The third kappa shape index (κ3) is 2.62. The second-order valence-electron chi connectivity index (χ2n) is 3.75. The summed E-state index contributed by atoms with van der Waals surface area (Å²) in [7, 11) is 0. The van der Waals surface area contributed by atoms with Gasteiger partial charge in [-0.1, -0.05) is 6.07 Å². The average molecular weight is 265 g/mol. The van der Waals surface area contributed by atoms with Crippen LogP contribution >= 0.6 is 0 Å². The molecular formula is C13H9F2NO3. The number of carbonyl (C=O) groups excluding carboxylic acids is 1. The SMILES string of the molecule is O=C(Nc1c(F)cccc1F)c1cc(O)ccc1O. The monoisotopic (exact) mass is 265 g/mol. The molecule has 98 valence electrons. The van der Waals surface area contributed by atoms with Gasteiger partial charge in [-0.15, -0.1) is 0 Å². The van der Waals surface area contributed by atoms with Crippen molar-refractivity contribution < 1.29 is 23.8 Å². The molecule has 0 heterocycles. The number of anilines is 1. The molecule has 0 radical (unpaired) electrons. The zero-order valence-electron chi connectivity index (χ0n) is 9.52. The number of rotatable bonds is 2. The summed E-state index contributed by atoms with van der Waals surface area (Å²) in [4.78, 5) is 11.8. The maximum atomic E-state index is 13.3. The van der Waals surface area contributed by atoms with E-state index in [1.165, 1.54) is 6.07 Å². The third-order valence-electron chi connectivity index (χ3n) is 2.43. The largest absolute Gasteiger partial charge is 0.508 e. The fraction of sp³-hybridized carbons (Fsp3) is 0. The van der Waals surface area contributed by atoms with Crippen molar-refractivity contribution in [2.75, 3.05) is 5.32 Å². The number of amides is 1. The van der Waals surface area contributed by atoms with Crippen LogP contribution in [0.3, 0.4) is 0 Å². The first kappa shape index (κ1) is 12.8. The molecule has 4 nitrogen and oxygen atoms in total. The molecule has 0 atom stereocenters. The van der Waals surface area contributed by atoms with Crippen molar-refractivity contribution >= 4 is 11.6 Å². The van der Waals surface area contributed by atoms with Gasteiger partial charge in [-0.25, -0.2) is 8.78 Å². The number of hydrogen-bond acceptors (Lipinski definition) is 3. The summed E-state index contributed by atoms with van der Waals surface area (Å²) in [5.41, 5.74) is -0.905. The number of halogens is 2. The average Bonchev–Trinajstić information content (AvgIpc) is 2.37. The second kappa shape index (κ2) is 4.93. The van der Waals surface area contributed by atoms with E-state index in [2.05, 4.69) is 0 Å². The minimum Gasteiger partial charge on any atom is -0.508 e. The Bertz CT molecular complexity index is 624. The fourth-order valence-corrected chi connectivity index (χ4v) is 1.50. The number of phenols is 2. The van der Waals surface area contributed by atoms with Crippen LogP contribution in [-0.4, -0.2) is 16.1 Å². The van der Waals surface area contributed by atoms with Gasteiger partial charge < -0.3 is 15.5 Å². The van der Waals surface area contributed by atoms with Crippen molar-refractivity contribution in [3.05, 3.63) is 53.6 Å². The first-order chi connectivity index (χ1) is 8.99. The standard InChI is InChI=1S/C13H9F2NO3/c14-9-2-1-3-10(15)12(9)16-13(19)8-6-7(17)4-5-11(8)18/h1-6,17-18H,(H,16,19). The molecule has 2 aromatic rings. The lowest BCUT2D eigenvalue weighted by molar-refractivity contribution is 0.102. The highest BCUT2D eigenvalue weighted by Crippen LogP contribution is 2.24. The van der Waals surface area contributed by atoms with Gasteiger partial charge >= 0.3 is 0 Å². The summed E-state index contributed by atoms with van der Waals surface area (Å²) in [6.45, 7) is 0. The third-order valence-corrected chi connectivity index (χ3v) is 2.43. The highest BCUT2D eigenvalue weighted by molar-refractivity contribution is 6.06. The Balaban J connectivity index is 2.34. The summed E-state index contributed by atoms with van der Waals surface area (Å²) < 4.78 is 26.7. The van der Waals surface area contributed by atoms with Crippen molar-refractivity contribution in [1.29, 1.82) is 0 Å². The summed E-state index contributed by atoms with van der Waals surface area (Å²) in [6.07, 6.45) is 0. The number of phenolic OH excluding ortho intramolecular Hbond substituents is 2. The molecule has 6 heteroatoms. The summed E-state index contributed by atoms with van der Waals surface area (Å²) in [5.74, 6) is -3.47. The molecule has 0 saturated carbocycles. The topological polar surface area (TPSA) is 69.6 Å². The lowest BCUT2D eigenvalue weighted by Gasteiger charge is -2.08. The van der Waals surface area contributed by atoms with E-state index in [4.69, 9.17) is 0 Å². The summed E-state index contributed by atoms with van der Waals surface area (Å²) in [5, 5.41) is 20.7. The van der Waals surface area contributed by atoms with Gasteiger partial charge in [0.2, 0.25) is 0 Å². The first-order valence-corrected chi connectivity index (χ1v) is 5.26. The Morgan fingerprint density at radius 2 is 1.68 bits per heavy atom. The molecule has 0 bridgehead atoms. The van der Waals surface area contributed by atoms with Gasteiger partial charge in [-0.3, -0.25) is 4.79 Å². The smallest absolute Gasteiger partial charge is 0.259 e. The van der Waals surface area contributed by atoms with Crippen LogP contribution in [0.25, 0.3) is 0 Å². The zero-order valence-corrected chi connectivity index (χ0v) is 9.52. The van der Waals surface area contributed by atoms with Crippen LogP contribution < -0.4 is 5.32 Å². The van der Waals surface area contributed by atoms with Crippen LogP contribution in [0, 0.1) is 11.6 Å². The Hall–Kier alpha value is -2.63. The lowest BCUT2D eigenvalue weighted by atomic mass is 10.1. The molecular weight excluding hydrogens is 256 g/mol. The van der Waals surface area contributed by atoms with E-state index in [1.54, 1.807) is 0 Å². The fourth-order valence-electron chi connectivity index (χ4n) is 1.50. The van der Waals surface area contributed by atoms with E-state index in [0.29, 0.717) is 0 Å². The van der Waals surface area contributed by atoms with Gasteiger partial charge in [0, 0.05) is 0 Å². The number of carbonyl (C=O) groups is 1. The molecule has 0 aliphatic rings. The van der Waals surface area contributed by atoms with Crippen molar-refractivity contribution in [1.82, 2.24) is 0 Å². The van der Waals surface area contributed by atoms with Gasteiger partial charge in [-0.2, -0.15) is 0 Å². The number of aromatic hydroxyl groups is 2. The van der Waals surface area contributed by atoms with Crippen LogP contribution in [0.5, 0.6) is 11.5 Å². The summed E-state index contributed by atoms with van der Waals surface area (Å²) >= 11 is 0. The molecule has 2 aromatic carbocycles.